The fraction of sp³-hybridized carbons (Fsp3) is 0.667. The van der Waals surface area contributed by atoms with E-state index in [0.717, 1.165) is 0 Å². The van der Waals surface area contributed by atoms with Crippen LogP contribution >= 0.6 is 0 Å². The van der Waals surface area contributed by atoms with Crippen molar-refractivity contribution >= 4 is 11.9 Å². The van der Waals surface area contributed by atoms with Crippen LogP contribution in [0.3, 0.4) is 0 Å². The van der Waals surface area contributed by atoms with Crippen LogP contribution in [0.15, 0.2) is 12.2 Å². The van der Waals surface area contributed by atoms with Crippen molar-refractivity contribution in [3.8, 4) is 0 Å². The maximum absolute atomic E-state index is 9.55. The fourth-order valence-electron chi connectivity index (χ4n) is 0.605. The van der Waals surface area contributed by atoms with Crippen LogP contribution in [0.2, 0.25) is 0 Å². The van der Waals surface area contributed by atoms with Gasteiger partial charge in [-0.3, -0.25) is 0 Å². The number of carboxylic acids is 2. The van der Waals surface area contributed by atoms with Gasteiger partial charge in [0.2, 0.25) is 0 Å². The van der Waals surface area contributed by atoms with Crippen LogP contribution in [-0.2, 0) is 19.1 Å². The maximum atomic E-state index is 9.55. The van der Waals surface area contributed by atoms with Gasteiger partial charge in [-0.2, -0.15) is 0 Å². The van der Waals surface area contributed by atoms with Crippen LogP contribution in [0.5, 0.6) is 0 Å². The Labute approximate surface area is 127 Å². The van der Waals surface area contributed by atoms with E-state index in [9.17, 15) is 9.59 Å². The van der Waals surface area contributed by atoms with Crippen molar-refractivity contribution < 1.29 is 49.7 Å². The van der Waals surface area contributed by atoms with E-state index in [1.165, 1.54) is 0 Å². The lowest BCUT2D eigenvalue weighted by molar-refractivity contribution is -0.134. The quantitative estimate of drug-likeness (QED) is 0.189. The Morgan fingerprint density at radius 2 is 0.864 bits per heavy atom. The summed E-state index contributed by atoms with van der Waals surface area (Å²) < 4.78 is 9.26. The molecule has 10 nitrogen and oxygen atoms in total. The average molecular weight is 328 g/mol. The molecule has 0 unspecified atom stereocenters. The third-order valence-electron chi connectivity index (χ3n) is 1.31. The molecule has 0 aromatic carbocycles. The van der Waals surface area contributed by atoms with Gasteiger partial charge in [0, 0.05) is 12.2 Å². The van der Waals surface area contributed by atoms with Gasteiger partial charge in [-0.05, 0) is 0 Å². The Kier molecular flexibility index (Phi) is 28.2. The van der Waals surface area contributed by atoms with Gasteiger partial charge in [-0.25, -0.2) is 9.59 Å². The second-order valence-electron chi connectivity index (χ2n) is 3.13. The summed E-state index contributed by atoms with van der Waals surface area (Å²) in [6, 6.07) is 0. The maximum Gasteiger partial charge on any atom is 0.328 e. The van der Waals surface area contributed by atoms with Crippen LogP contribution in [0, 0.1) is 0 Å². The molecule has 0 rings (SSSR count). The van der Waals surface area contributed by atoms with Crippen LogP contribution in [0.25, 0.3) is 0 Å². The second-order valence-corrected chi connectivity index (χ2v) is 3.13. The Balaban J connectivity index is -0.000000247. The Morgan fingerprint density at radius 3 is 1.00 bits per heavy atom. The summed E-state index contributed by atoms with van der Waals surface area (Å²) >= 11 is 0. The Hall–Kier alpha value is -1.56. The van der Waals surface area contributed by atoms with E-state index >= 15 is 0 Å². The summed E-state index contributed by atoms with van der Waals surface area (Å²) in [6.07, 6.45) is 1.12. The minimum absolute atomic E-state index is 0.0278. The molecule has 0 aliphatic carbocycles. The van der Waals surface area contributed by atoms with E-state index in [1.54, 1.807) is 0 Å². The van der Waals surface area contributed by atoms with E-state index in [-0.39, 0.29) is 26.4 Å². The molecule has 0 amide bonds. The molecule has 0 bridgehead atoms. The largest absolute Gasteiger partial charge is 0.478 e. The van der Waals surface area contributed by atoms with Crippen molar-refractivity contribution in [2.75, 3.05) is 52.9 Å². The van der Waals surface area contributed by atoms with Gasteiger partial charge >= 0.3 is 11.9 Å². The number of aliphatic carboxylic acids is 2. The molecule has 132 valence electrons. The SMILES string of the molecule is O=C(O)/C=C/C(=O)O.OCCOCCO.OCCOCCO. The summed E-state index contributed by atoms with van der Waals surface area (Å²) in [6.45, 7) is 1.39. The van der Waals surface area contributed by atoms with Gasteiger partial charge < -0.3 is 40.1 Å². The molecule has 0 aliphatic rings. The number of rotatable bonds is 10. The highest BCUT2D eigenvalue weighted by atomic mass is 16.5. The van der Waals surface area contributed by atoms with E-state index in [0.29, 0.717) is 38.6 Å². The minimum Gasteiger partial charge on any atom is -0.478 e. The lowest BCUT2D eigenvalue weighted by Gasteiger charge is -1.94. The molecule has 10 heteroatoms. The molecular formula is C12H24O10. The Morgan fingerprint density at radius 1 is 0.636 bits per heavy atom. The molecule has 0 aromatic heterocycles. The Bertz CT molecular complexity index is 233. The molecule has 0 fully saturated rings. The molecule has 0 saturated carbocycles. The van der Waals surface area contributed by atoms with Gasteiger partial charge in [0.25, 0.3) is 0 Å². The number of hydrogen-bond acceptors (Lipinski definition) is 8. The topological polar surface area (TPSA) is 174 Å². The summed E-state index contributed by atoms with van der Waals surface area (Å²) in [5.41, 5.74) is 0. The van der Waals surface area contributed by atoms with Crippen molar-refractivity contribution in [3.63, 3.8) is 0 Å². The van der Waals surface area contributed by atoms with Crippen molar-refractivity contribution in [2.45, 2.75) is 0 Å². The minimum atomic E-state index is -1.26. The molecule has 22 heavy (non-hydrogen) atoms. The number of aliphatic hydroxyl groups is 4. The van der Waals surface area contributed by atoms with Crippen molar-refractivity contribution in [3.05, 3.63) is 12.2 Å². The third kappa shape index (κ3) is 42.9. The molecule has 6 N–H and O–H groups in total. The van der Waals surface area contributed by atoms with Crippen LogP contribution < -0.4 is 0 Å². The van der Waals surface area contributed by atoms with Crippen molar-refractivity contribution in [1.29, 1.82) is 0 Å². The first kappa shape index (κ1) is 25.4. The highest BCUT2D eigenvalue weighted by Crippen LogP contribution is 1.70. The van der Waals surface area contributed by atoms with Gasteiger partial charge in [0.15, 0.2) is 0 Å². The zero-order valence-electron chi connectivity index (χ0n) is 12.1. The summed E-state index contributed by atoms with van der Waals surface area (Å²) in [7, 11) is 0. The molecule has 0 atom stereocenters. The summed E-state index contributed by atoms with van der Waals surface area (Å²) in [4.78, 5) is 19.1. The molecule has 0 radical (unpaired) electrons. The highest BCUT2D eigenvalue weighted by Gasteiger charge is 1.88. The molecule has 0 aromatic rings. The average Bonchev–Trinajstić information content (AvgIpc) is 2.48. The lowest BCUT2D eigenvalue weighted by Crippen LogP contribution is -2.03. The zero-order chi connectivity index (χ0) is 17.6. The fourth-order valence-corrected chi connectivity index (χ4v) is 0.605. The monoisotopic (exact) mass is 328 g/mol. The highest BCUT2D eigenvalue weighted by molar-refractivity contribution is 5.89. The molecule has 0 spiro atoms. The number of hydrogen-bond donors (Lipinski definition) is 6. The molecule has 0 aliphatic heterocycles. The number of ether oxygens (including phenoxy) is 2. The first-order valence-electron chi connectivity index (χ1n) is 6.19. The van der Waals surface area contributed by atoms with Crippen LogP contribution in [0.4, 0.5) is 0 Å². The van der Waals surface area contributed by atoms with Gasteiger partial charge in [0.1, 0.15) is 0 Å². The van der Waals surface area contributed by atoms with E-state index in [2.05, 4.69) is 9.47 Å². The van der Waals surface area contributed by atoms with Crippen LogP contribution in [0.1, 0.15) is 0 Å². The molecular weight excluding hydrogens is 304 g/mol. The predicted molar refractivity (Wildman–Crippen MR) is 74.4 cm³/mol. The van der Waals surface area contributed by atoms with Gasteiger partial charge in [-0.15, -0.1) is 0 Å². The van der Waals surface area contributed by atoms with Crippen molar-refractivity contribution in [2.24, 2.45) is 0 Å². The van der Waals surface area contributed by atoms with E-state index in [1.807, 2.05) is 0 Å². The number of carboxylic acid groups (broad SMARTS) is 2. The number of aliphatic hydroxyl groups excluding tert-OH is 4. The zero-order valence-corrected chi connectivity index (χ0v) is 12.1. The summed E-state index contributed by atoms with van der Waals surface area (Å²) in [5, 5.41) is 48.0. The lowest BCUT2D eigenvalue weighted by atomic mass is 10.5. The van der Waals surface area contributed by atoms with E-state index in [4.69, 9.17) is 30.6 Å². The van der Waals surface area contributed by atoms with Crippen molar-refractivity contribution in [1.82, 2.24) is 0 Å². The summed E-state index contributed by atoms with van der Waals surface area (Å²) in [5.74, 6) is -2.51. The first-order valence-corrected chi connectivity index (χ1v) is 6.19. The molecule has 0 heterocycles. The standard InChI is InChI=1S/C4H4O4.2C4H10O3/c5-3(6)1-2-4(7)8;2*5-1-3-7-4-2-6/h1-2H,(H,5,6)(H,7,8);2*5-6H,1-4H2/b2-1+;;. The van der Waals surface area contributed by atoms with E-state index < -0.39 is 11.9 Å². The predicted octanol–water partition coefficient (Wildman–Crippen LogP) is -2.31. The van der Waals surface area contributed by atoms with Gasteiger partial charge in [-0.1, -0.05) is 0 Å². The first-order chi connectivity index (χ1) is 10.5. The normalized spacial score (nSPS) is 9.45. The molecule has 0 saturated heterocycles. The van der Waals surface area contributed by atoms with Gasteiger partial charge in [0.05, 0.1) is 52.9 Å². The second kappa shape index (κ2) is 24.5. The third-order valence-corrected chi connectivity index (χ3v) is 1.31. The number of carbonyl (C=O) groups is 2. The smallest absolute Gasteiger partial charge is 0.328 e. The van der Waals surface area contributed by atoms with Crippen LogP contribution in [-0.4, -0.2) is 95.4 Å².